The zero-order chi connectivity index (χ0) is 21.7. The summed E-state index contributed by atoms with van der Waals surface area (Å²) in [6.07, 6.45) is 0. The summed E-state index contributed by atoms with van der Waals surface area (Å²) in [5.74, 6) is 0.551. The van der Waals surface area contributed by atoms with Crippen LogP contribution in [0, 0.1) is 6.92 Å². The smallest absolute Gasteiger partial charge is 0.291 e. The second-order valence-corrected chi connectivity index (χ2v) is 8.77. The Labute approximate surface area is 176 Å². The highest BCUT2D eigenvalue weighted by Crippen LogP contribution is 2.25. The van der Waals surface area contributed by atoms with Crippen molar-refractivity contribution in [3.63, 3.8) is 0 Å². The number of sulfonamides is 1. The number of rotatable bonds is 8. The van der Waals surface area contributed by atoms with Gasteiger partial charge in [0.2, 0.25) is 10.0 Å². The van der Waals surface area contributed by atoms with Gasteiger partial charge in [0.15, 0.2) is 5.76 Å². The van der Waals surface area contributed by atoms with Gasteiger partial charge in [0.25, 0.3) is 5.91 Å². The first-order chi connectivity index (χ1) is 14.3. The number of carbonyl (C=O) groups excluding carboxylic acids is 1. The van der Waals surface area contributed by atoms with E-state index in [2.05, 4.69) is 5.32 Å². The van der Waals surface area contributed by atoms with Gasteiger partial charge in [-0.3, -0.25) is 4.79 Å². The maximum absolute atomic E-state index is 12.7. The van der Waals surface area contributed by atoms with Crippen LogP contribution in [0.5, 0.6) is 5.75 Å². The van der Waals surface area contributed by atoms with E-state index in [0.29, 0.717) is 23.8 Å². The number of hydrogen-bond acceptors (Lipinski definition) is 5. The number of furan rings is 1. The van der Waals surface area contributed by atoms with E-state index in [1.807, 2.05) is 19.9 Å². The average Bonchev–Trinajstić information content (AvgIpc) is 3.18. The number of amides is 1. The number of benzene rings is 2. The van der Waals surface area contributed by atoms with E-state index in [9.17, 15) is 13.2 Å². The third-order valence-electron chi connectivity index (χ3n) is 4.43. The van der Waals surface area contributed by atoms with Crippen LogP contribution < -0.4 is 10.1 Å². The van der Waals surface area contributed by atoms with Crippen molar-refractivity contribution in [2.24, 2.45) is 0 Å². The lowest BCUT2D eigenvalue weighted by atomic mass is 10.2. The van der Waals surface area contributed by atoms with Gasteiger partial charge in [-0.15, -0.1) is 0 Å². The summed E-state index contributed by atoms with van der Waals surface area (Å²) in [5, 5.41) is 2.75. The minimum absolute atomic E-state index is 0.000970. The van der Waals surface area contributed by atoms with E-state index >= 15 is 0 Å². The highest BCUT2D eigenvalue weighted by molar-refractivity contribution is 7.89. The SMILES string of the molecule is CCOc1ccccc1NC(=O)c1ccc(CN(C)S(=O)(=O)c2ccc(C)cc2)o1. The van der Waals surface area contributed by atoms with Gasteiger partial charge in [0.1, 0.15) is 11.5 Å². The van der Waals surface area contributed by atoms with Gasteiger partial charge >= 0.3 is 0 Å². The molecule has 3 aromatic rings. The molecular formula is C22H24N2O5S. The monoisotopic (exact) mass is 428 g/mol. The van der Waals surface area contributed by atoms with Gasteiger partial charge < -0.3 is 14.5 Å². The molecule has 158 valence electrons. The minimum atomic E-state index is -3.67. The van der Waals surface area contributed by atoms with E-state index < -0.39 is 15.9 Å². The number of carbonyl (C=O) groups is 1. The molecule has 1 amide bonds. The lowest BCUT2D eigenvalue weighted by Gasteiger charge is -2.16. The van der Waals surface area contributed by atoms with Crippen LogP contribution in [-0.4, -0.2) is 32.3 Å². The maximum Gasteiger partial charge on any atom is 0.291 e. The van der Waals surface area contributed by atoms with Crippen molar-refractivity contribution in [3.05, 3.63) is 77.7 Å². The standard InChI is InChI=1S/C22H24N2O5S/c1-4-28-20-8-6-5-7-19(20)23-22(25)21-14-11-17(29-21)15-24(3)30(26,27)18-12-9-16(2)10-13-18/h5-14H,4,15H2,1-3H3,(H,23,25). The molecule has 0 radical (unpaired) electrons. The molecular weight excluding hydrogens is 404 g/mol. The summed E-state index contributed by atoms with van der Waals surface area (Å²) < 4.78 is 37.7. The molecule has 0 fully saturated rings. The van der Waals surface area contributed by atoms with E-state index in [-0.39, 0.29) is 17.2 Å². The number of ether oxygens (including phenoxy) is 1. The molecule has 0 spiro atoms. The van der Waals surface area contributed by atoms with E-state index in [1.165, 1.54) is 17.4 Å². The summed E-state index contributed by atoms with van der Waals surface area (Å²) in [4.78, 5) is 12.7. The molecule has 0 aliphatic heterocycles. The zero-order valence-corrected chi connectivity index (χ0v) is 17.9. The second kappa shape index (κ2) is 9.15. The van der Waals surface area contributed by atoms with Crippen molar-refractivity contribution in [2.45, 2.75) is 25.3 Å². The van der Waals surface area contributed by atoms with Gasteiger partial charge in [0, 0.05) is 7.05 Å². The van der Waals surface area contributed by atoms with Crippen LogP contribution in [0.4, 0.5) is 5.69 Å². The fraction of sp³-hybridized carbons (Fsp3) is 0.227. The fourth-order valence-electron chi connectivity index (χ4n) is 2.81. The Bertz CT molecular complexity index is 1120. The largest absolute Gasteiger partial charge is 0.492 e. The molecule has 0 bridgehead atoms. The van der Waals surface area contributed by atoms with Gasteiger partial charge in [0.05, 0.1) is 23.7 Å². The molecule has 0 saturated carbocycles. The number of nitrogens with one attached hydrogen (secondary N) is 1. The Balaban J connectivity index is 1.70. The Morgan fingerprint density at radius 3 is 2.47 bits per heavy atom. The summed E-state index contributed by atoms with van der Waals surface area (Å²) in [6.45, 7) is 4.22. The Hall–Kier alpha value is -3.10. The van der Waals surface area contributed by atoms with Crippen LogP contribution in [0.3, 0.4) is 0 Å². The van der Waals surface area contributed by atoms with Crippen molar-refractivity contribution in [1.29, 1.82) is 0 Å². The zero-order valence-electron chi connectivity index (χ0n) is 17.1. The minimum Gasteiger partial charge on any atom is -0.492 e. The molecule has 1 heterocycles. The molecule has 7 nitrogen and oxygen atoms in total. The van der Waals surface area contributed by atoms with Crippen LogP contribution in [-0.2, 0) is 16.6 Å². The van der Waals surface area contributed by atoms with E-state index in [1.54, 1.807) is 48.5 Å². The van der Waals surface area contributed by atoms with Crippen LogP contribution in [0.1, 0.15) is 28.8 Å². The van der Waals surface area contributed by atoms with Crippen LogP contribution in [0.2, 0.25) is 0 Å². The maximum atomic E-state index is 12.7. The second-order valence-electron chi connectivity index (χ2n) is 6.72. The van der Waals surface area contributed by atoms with Crippen molar-refractivity contribution in [1.82, 2.24) is 4.31 Å². The molecule has 3 rings (SSSR count). The van der Waals surface area contributed by atoms with Crippen molar-refractivity contribution >= 4 is 21.6 Å². The number of hydrogen-bond donors (Lipinski definition) is 1. The molecule has 2 aromatic carbocycles. The Morgan fingerprint density at radius 2 is 1.77 bits per heavy atom. The summed E-state index contributed by atoms with van der Waals surface area (Å²) in [5.41, 5.74) is 1.51. The molecule has 0 unspecified atom stereocenters. The first kappa shape index (κ1) is 21.6. The topological polar surface area (TPSA) is 88.9 Å². The predicted octanol–water partition coefficient (Wildman–Crippen LogP) is 4.06. The van der Waals surface area contributed by atoms with Gasteiger partial charge in [-0.05, 0) is 50.2 Å². The van der Waals surface area contributed by atoms with Gasteiger partial charge in [-0.25, -0.2) is 8.42 Å². The summed E-state index contributed by atoms with van der Waals surface area (Å²) in [7, 11) is -2.20. The molecule has 1 N–H and O–H groups in total. The van der Waals surface area contributed by atoms with E-state index in [4.69, 9.17) is 9.15 Å². The van der Waals surface area contributed by atoms with Crippen molar-refractivity contribution in [2.75, 3.05) is 19.0 Å². The molecule has 0 atom stereocenters. The highest BCUT2D eigenvalue weighted by atomic mass is 32.2. The Kier molecular flexibility index (Phi) is 6.59. The molecule has 0 aliphatic carbocycles. The number of nitrogens with zero attached hydrogens (tertiary/aromatic N) is 1. The first-order valence-corrected chi connectivity index (χ1v) is 10.9. The third-order valence-corrected chi connectivity index (χ3v) is 6.25. The summed E-state index contributed by atoms with van der Waals surface area (Å²) in [6, 6.07) is 16.8. The lowest BCUT2D eigenvalue weighted by molar-refractivity contribution is 0.0994. The fourth-order valence-corrected chi connectivity index (χ4v) is 3.95. The van der Waals surface area contributed by atoms with Crippen LogP contribution >= 0.6 is 0 Å². The average molecular weight is 429 g/mol. The molecule has 1 aromatic heterocycles. The molecule has 8 heteroatoms. The van der Waals surface area contributed by atoms with Crippen LogP contribution in [0.25, 0.3) is 0 Å². The highest BCUT2D eigenvalue weighted by Gasteiger charge is 2.22. The Morgan fingerprint density at radius 1 is 1.07 bits per heavy atom. The normalized spacial score (nSPS) is 11.5. The van der Waals surface area contributed by atoms with E-state index in [0.717, 1.165) is 5.56 Å². The van der Waals surface area contributed by atoms with Crippen molar-refractivity contribution in [3.8, 4) is 5.75 Å². The molecule has 30 heavy (non-hydrogen) atoms. The molecule has 0 saturated heterocycles. The predicted molar refractivity (Wildman–Crippen MR) is 114 cm³/mol. The lowest BCUT2D eigenvalue weighted by Crippen LogP contribution is -2.26. The first-order valence-electron chi connectivity index (χ1n) is 9.46. The third kappa shape index (κ3) is 4.90. The van der Waals surface area contributed by atoms with Crippen LogP contribution in [0.15, 0.2) is 70.0 Å². The summed E-state index contributed by atoms with van der Waals surface area (Å²) >= 11 is 0. The number of aryl methyl sites for hydroxylation is 1. The number of anilines is 1. The van der Waals surface area contributed by atoms with Crippen molar-refractivity contribution < 1.29 is 22.4 Å². The van der Waals surface area contributed by atoms with Gasteiger partial charge in [-0.1, -0.05) is 29.8 Å². The number of para-hydroxylation sites is 2. The van der Waals surface area contributed by atoms with Gasteiger partial charge in [-0.2, -0.15) is 4.31 Å². The quantitative estimate of drug-likeness (QED) is 0.584. The molecule has 0 aliphatic rings.